The molecule has 2 nitrogen and oxygen atoms in total. The Morgan fingerprint density at radius 1 is 1.19 bits per heavy atom. The van der Waals surface area contributed by atoms with Gasteiger partial charge in [0.15, 0.2) is 0 Å². The number of nitrogens with two attached hydrogens (primary N) is 1. The molecular weight excluding hydrogens is 196 g/mol. The van der Waals surface area contributed by atoms with Crippen LogP contribution in [-0.4, -0.2) is 19.6 Å². The minimum Gasteiger partial charge on any atom is -0.372 e. The predicted octanol–water partition coefficient (Wildman–Crippen LogP) is 2.99. The molecule has 0 spiro atoms. The predicted molar refractivity (Wildman–Crippen MR) is 72.1 cm³/mol. The Morgan fingerprint density at radius 2 is 1.81 bits per heavy atom. The van der Waals surface area contributed by atoms with E-state index in [0.29, 0.717) is 5.92 Å². The molecule has 0 atom stereocenters. The van der Waals surface area contributed by atoms with Crippen molar-refractivity contribution in [1.82, 2.24) is 0 Å². The van der Waals surface area contributed by atoms with Crippen LogP contribution < -0.4 is 10.6 Å². The van der Waals surface area contributed by atoms with Crippen LogP contribution in [-0.2, 0) is 0 Å². The molecule has 0 unspecified atom stereocenters. The lowest BCUT2D eigenvalue weighted by atomic mass is 10.0. The Kier molecular flexibility index (Phi) is 5.33. The fourth-order valence-corrected chi connectivity index (χ4v) is 1.82. The zero-order valence-electron chi connectivity index (χ0n) is 10.7. The van der Waals surface area contributed by atoms with Crippen LogP contribution in [0.3, 0.4) is 0 Å². The Bertz CT molecular complexity index is 290. The summed E-state index contributed by atoms with van der Waals surface area (Å²) in [5.74, 6) is 0.605. The molecule has 2 N–H and O–H groups in total. The first-order valence-electron chi connectivity index (χ1n) is 6.24. The van der Waals surface area contributed by atoms with Crippen LogP contribution >= 0.6 is 0 Å². The van der Waals surface area contributed by atoms with E-state index in [1.165, 1.54) is 11.3 Å². The van der Waals surface area contributed by atoms with Crippen LogP contribution in [0.1, 0.15) is 38.7 Å². The van der Waals surface area contributed by atoms with E-state index in [4.69, 9.17) is 5.73 Å². The quantitative estimate of drug-likeness (QED) is 0.798. The van der Waals surface area contributed by atoms with E-state index in [1.807, 2.05) is 0 Å². The van der Waals surface area contributed by atoms with E-state index in [2.05, 4.69) is 49.9 Å². The zero-order chi connectivity index (χ0) is 12.0. The molecule has 1 aromatic rings. The smallest absolute Gasteiger partial charge is 0.0366 e. The summed E-state index contributed by atoms with van der Waals surface area (Å²) in [6, 6.07) is 8.89. The van der Waals surface area contributed by atoms with Crippen molar-refractivity contribution in [2.45, 2.75) is 33.1 Å². The van der Waals surface area contributed by atoms with E-state index in [-0.39, 0.29) is 0 Å². The first kappa shape index (κ1) is 13.0. The largest absolute Gasteiger partial charge is 0.372 e. The third-order valence-electron chi connectivity index (χ3n) is 2.94. The van der Waals surface area contributed by atoms with Crippen molar-refractivity contribution in [2.24, 2.45) is 5.73 Å². The third kappa shape index (κ3) is 3.53. The normalized spacial score (nSPS) is 10.8. The van der Waals surface area contributed by atoms with Crippen LogP contribution in [0.4, 0.5) is 5.69 Å². The van der Waals surface area contributed by atoms with Crippen molar-refractivity contribution >= 4 is 5.69 Å². The van der Waals surface area contributed by atoms with E-state index in [0.717, 1.165) is 26.1 Å². The van der Waals surface area contributed by atoms with Crippen molar-refractivity contribution in [3.05, 3.63) is 29.8 Å². The molecule has 1 aromatic carbocycles. The zero-order valence-corrected chi connectivity index (χ0v) is 10.7. The monoisotopic (exact) mass is 220 g/mol. The summed E-state index contributed by atoms with van der Waals surface area (Å²) in [6.07, 6.45) is 1.06. The van der Waals surface area contributed by atoms with E-state index >= 15 is 0 Å². The minimum absolute atomic E-state index is 0.605. The topological polar surface area (TPSA) is 29.3 Å². The SMILES string of the molecule is CCN(CCCN)c1ccc(C(C)C)cc1. The summed E-state index contributed by atoms with van der Waals surface area (Å²) in [4.78, 5) is 2.37. The summed E-state index contributed by atoms with van der Waals surface area (Å²) in [6.45, 7) is 9.49. The van der Waals surface area contributed by atoms with Crippen molar-refractivity contribution in [3.8, 4) is 0 Å². The highest BCUT2D eigenvalue weighted by molar-refractivity contribution is 5.47. The summed E-state index contributed by atoms with van der Waals surface area (Å²) >= 11 is 0. The Balaban J connectivity index is 2.70. The van der Waals surface area contributed by atoms with Gasteiger partial charge in [-0.1, -0.05) is 26.0 Å². The van der Waals surface area contributed by atoms with Crippen molar-refractivity contribution in [1.29, 1.82) is 0 Å². The van der Waals surface area contributed by atoms with Gasteiger partial charge in [-0.25, -0.2) is 0 Å². The fraction of sp³-hybridized carbons (Fsp3) is 0.571. The lowest BCUT2D eigenvalue weighted by Gasteiger charge is -2.23. The minimum atomic E-state index is 0.605. The van der Waals surface area contributed by atoms with Gasteiger partial charge in [0.2, 0.25) is 0 Å². The number of nitrogens with zero attached hydrogens (tertiary/aromatic N) is 1. The number of rotatable bonds is 6. The second kappa shape index (κ2) is 6.54. The van der Waals surface area contributed by atoms with E-state index < -0.39 is 0 Å². The molecule has 0 aliphatic heterocycles. The average molecular weight is 220 g/mol. The van der Waals surface area contributed by atoms with Gasteiger partial charge in [0.05, 0.1) is 0 Å². The maximum atomic E-state index is 5.55. The molecule has 0 heterocycles. The molecule has 2 heteroatoms. The number of anilines is 1. The lowest BCUT2D eigenvalue weighted by molar-refractivity contribution is 0.754. The van der Waals surface area contributed by atoms with Crippen LogP contribution in [0.25, 0.3) is 0 Å². The molecule has 1 rings (SSSR count). The standard InChI is InChI=1S/C14H24N2/c1-4-16(11-5-10-15)14-8-6-13(7-9-14)12(2)3/h6-9,12H,4-5,10-11,15H2,1-3H3. The number of hydrogen-bond acceptors (Lipinski definition) is 2. The molecule has 0 bridgehead atoms. The lowest BCUT2D eigenvalue weighted by Crippen LogP contribution is -2.25. The maximum absolute atomic E-state index is 5.55. The molecule has 0 amide bonds. The molecule has 0 aromatic heterocycles. The second-order valence-corrected chi connectivity index (χ2v) is 4.47. The van der Waals surface area contributed by atoms with Gasteiger partial charge in [-0.3, -0.25) is 0 Å². The van der Waals surface area contributed by atoms with Gasteiger partial charge in [0.25, 0.3) is 0 Å². The van der Waals surface area contributed by atoms with Gasteiger partial charge in [0.1, 0.15) is 0 Å². The third-order valence-corrected chi connectivity index (χ3v) is 2.94. The van der Waals surface area contributed by atoms with Gasteiger partial charge < -0.3 is 10.6 Å². The van der Waals surface area contributed by atoms with Gasteiger partial charge >= 0.3 is 0 Å². The van der Waals surface area contributed by atoms with Gasteiger partial charge in [-0.05, 0) is 43.5 Å². The van der Waals surface area contributed by atoms with Crippen molar-refractivity contribution < 1.29 is 0 Å². The van der Waals surface area contributed by atoms with E-state index in [1.54, 1.807) is 0 Å². The molecule has 0 saturated carbocycles. The molecule has 0 aliphatic carbocycles. The molecule has 0 radical (unpaired) electrons. The Morgan fingerprint density at radius 3 is 2.25 bits per heavy atom. The molecule has 0 saturated heterocycles. The maximum Gasteiger partial charge on any atom is 0.0366 e. The highest BCUT2D eigenvalue weighted by atomic mass is 15.1. The van der Waals surface area contributed by atoms with Gasteiger partial charge in [-0.2, -0.15) is 0 Å². The average Bonchev–Trinajstić information content (AvgIpc) is 2.30. The highest BCUT2D eigenvalue weighted by Gasteiger charge is 2.04. The number of benzene rings is 1. The molecule has 0 fully saturated rings. The molecule has 0 aliphatic rings. The Labute approximate surface area is 99.5 Å². The molecular formula is C14H24N2. The Hall–Kier alpha value is -1.02. The summed E-state index contributed by atoms with van der Waals surface area (Å²) < 4.78 is 0. The first-order valence-corrected chi connectivity index (χ1v) is 6.24. The van der Waals surface area contributed by atoms with Gasteiger partial charge in [-0.15, -0.1) is 0 Å². The summed E-state index contributed by atoms with van der Waals surface area (Å²) in [5, 5.41) is 0. The fourth-order valence-electron chi connectivity index (χ4n) is 1.82. The number of hydrogen-bond donors (Lipinski definition) is 1. The van der Waals surface area contributed by atoms with Crippen molar-refractivity contribution in [2.75, 3.05) is 24.5 Å². The van der Waals surface area contributed by atoms with Crippen LogP contribution in [0, 0.1) is 0 Å². The summed E-state index contributed by atoms with van der Waals surface area (Å²) in [7, 11) is 0. The van der Waals surface area contributed by atoms with E-state index in [9.17, 15) is 0 Å². The van der Waals surface area contributed by atoms with Crippen molar-refractivity contribution in [3.63, 3.8) is 0 Å². The van der Waals surface area contributed by atoms with Gasteiger partial charge in [0, 0.05) is 18.8 Å². The molecule has 16 heavy (non-hydrogen) atoms. The molecule has 90 valence electrons. The highest BCUT2D eigenvalue weighted by Crippen LogP contribution is 2.20. The van der Waals surface area contributed by atoms with Crippen LogP contribution in [0.15, 0.2) is 24.3 Å². The van der Waals surface area contributed by atoms with Crippen LogP contribution in [0.5, 0.6) is 0 Å². The first-order chi connectivity index (χ1) is 7.69. The second-order valence-electron chi connectivity index (χ2n) is 4.47. The summed E-state index contributed by atoms with van der Waals surface area (Å²) in [5.41, 5.74) is 8.25. The van der Waals surface area contributed by atoms with Crippen LogP contribution in [0.2, 0.25) is 0 Å².